The highest BCUT2D eigenvalue weighted by molar-refractivity contribution is 6.00. The molecule has 0 radical (unpaired) electrons. The Morgan fingerprint density at radius 2 is 0.737 bits per heavy atom. The first kappa shape index (κ1) is 101. The lowest BCUT2D eigenvalue weighted by atomic mass is 9.97. The van der Waals surface area contributed by atoms with Crippen molar-refractivity contribution in [2.75, 3.05) is 45.8 Å². The maximum absolute atomic E-state index is 14.4. The van der Waals surface area contributed by atoms with Crippen molar-refractivity contribution in [2.45, 2.75) is 272 Å². The molecule has 0 fully saturated rings. The highest BCUT2D eigenvalue weighted by Crippen LogP contribution is 2.21. The van der Waals surface area contributed by atoms with Gasteiger partial charge in [-0.05, 0) is 170 Å². The minimum absolute atomic E-state index is 0.0245. The van der Waals surface area contributed by atoms with Crippen LogP contribution < -0.4 is 109 Å². The summed E-state index contributed by atoms with van der Waals surface area (Å²) in [6.45, 7) is 21.7. The van der Waals surface area contributed by atoms with E-state index < -0.39 is 198 Å². The third-order valence-corrected chi connectivity index (χ3v) is 19.2. The zero-order valence-corrected chi connectivity index (χ0v) is 69.3. The summed E-state index contributed by atoms with van der Waals surface area (Å²) < 4.78 is 0. The van der Waals surface area contributed by atoms with Gasteiger partial charge in [-0.3, -0.25) is 71.9 Å². The number of para-hydroxylation sites is 1. The van der Waals surface area contributed by atoms with Crippen molar-refractivity contribution in [3.63, 3.8) is 0 Å². The van der Waals surface area contributed by atoms with Crippen molar-refractivity contribution >= 4 is 99.5 Å². The number of carbonyl (C=O) groups excluding carboxylic acids is 15. The molecular weight excluding hydrogens is 1470 g/mol. The van der Waals surface area contributed by atoms with E-state index in [2.05, 4.69) is 79.4 Å². The molecule has 0 saturated heterocycles. The van der Waals surface area contributed by atoms with E-state index in [1.54, 1.807) is 61.6 Å². The molecule has 0 aliphatic rings. The third kappa shape index (κ3) is 37.7. The third-order valence-electron chi connectivity index (χ3n) is 19.2. The average molecular weight is 1610 g/mol. The SMILES string of the molecule is CC[C@H](C)[C@H](NC(=O)[C@H](CCCCN)NC(=O)[C@H](CCCCN)NC(=O)CNC(=O)[C@H](CC(C)C)NC(=O)[C@H](CCCCN)NC(=O)[C@H](Cc1c[nH]c2ccccc12)NC(=O)[C@@H](N)CCCCN)C(=O)NCC(=O)N[C@@H](C)C(=O)N[C@H](C(=O)N[C@@H](CC(C)C)C(=O)NCC(=O)N[C@H](C(=O)N[C@@H](CC(C)C)C(N)=O)C(C)C)C(C)C. The van der Waals surface area contributed by atoms with Gasteiger partial charge in [-0.25, -0.2) is 0 Å². The Kier molecular flexibility index (Phi) is 47.4. The van der Waals surface area contributed by atoms with Crippen LogP contribution in [0.25, 0.3) is 10.9 Å². The first-order valence-corrected chi connectivity index (χ1v) is 40.4. The molecule has 0 bridgehead atoms. The summed E-state index contributed by atoms with van der Waals surface area (Å²) in [5.41, 5.74) is 36.5. The maximum atomic E-state index is 14.4. The second-order valence-corrected chi connectivity index (χ2v) is 31.4. The van der Waals surface area contributed by atoms with Gasteiger partial charge in [0.2, 0.25) is 88.6 Å². The van der Waals surface area contributed by atoms with Gasteiger partial charge in [-0.1, -0.05) is 114 Å². The Hall–Kier alpha value is -9.39. The number of benzene rings is 1. The van der Waals surface area contributed by atoms with E-state index in [0.29, 0.717) is 70.8 Å². The van der Waals surface area contributed by atoms with Crippen molar-refractivity contribution in [3.05, 3.63) is 36.0 Å². The molecular formula is C78H137N21O15. The number of hydrogen-bond acceptors (Lipinski definition) is 20. The number of rotatable bonds is 57. The Morgan fingerprint density at radius 1 is 0.368 bits per heavy atom. The number of hydrogen-bond donors (Lipinski definition) is 21. The highest BCUT2D eigenvalue weighted by Gasteiger charge is 2.37. The molecule has 0 aliphatic heterocycles. The van der Waals surface area contributed by atoms with E-state index in [1.165, 1.54) is 6.92 Å². The molecule has 1 aromatic carbocycles. The minimum Gasteiger partial charge on any atom is -0.368 e. The van der Waals surface area contributed by atoms with Crippen LogP contribution in [-0.2, 0) is 78.3 Å². The van der Waals surface area contributed by atoms with Crippen molar-refractivity contribution in [3.8, 4) is 0 Å². The molecule has 36 nitrogen and oxygen atoms in total. The number of nitrogens with two attached hydrogens (primary N) is 6. The molecule has 0 unspecified atom stereocenters. The fourth-order valence-corrected chi connectivity index (χ4v) is 12.4. The molecule has 13 atom stereocenters. The smallest absolute Gasteiger partial charge is 0.243 e. The number of aromatic amines is 1. The molecule has 15 amide bonds. The van der Waals surface area contributed by atoms with Crippen molar-refractivity contribution in [2.24, 2.45) is 69.9 Å². The first-order valence-electron chi connectivity index (χ1n) is 40.4. The summed E-state index contributed by atoms with van der Waals surface area (Å²) in [6.07, 6.45) is 6.81. The largest absolute Gasteiger partial charge is 0.368 e. The molecule has 0 aliphatic carbocycles. The lowest BCUT2D eigenvalue weighted by Crippen LogP contribution is -2.59. The molecule has 1 heterocycles. The van der Waals surface area contributed by atoms with Crippen LogP contribution in [0.2, 0.25) is 0 Å². The van der Waals surface area contributed by atoms with E-state index >= 15 is 0 Å². The van der Waals surface area contributed by atoms with E-state index in [0.717, 1.165) is 16.5 Å². The topological polar surface area (TPSA) is 596 Å². The molecule has 27 N–H and O–H groups in total. The number of H-pyrrole nitrogens is 1. The quantitative estimate of drug-likeness (QED) is 0.0326. The predicted octanol–water partition coefficient (Wildman–Crippen LogP) is -1.76. The van der Waals surface area contributed by atoms with Gasteiger partial charge >= 0.3 is 0 Å². The van der Waals surface area contributed by atoms with Crippen LogP contribution in [0, 0.1) is 35.5 Å². The normalized spacial score (nSPS) is 14.9. The summed E-state index contributed by atoms with van der Waals surface area (Å²) in [4.78, 5) is 209. The fourth-order valence-electron chi connectivity index (χ4n) is 12.4. The number of fused-ring (bicyclic) bond motifs is 1. The summed E-state index contributed by atoms with van der Waals surface area (Å²) in [7, 11) is 0. The van der Waals surface area contributed by atoms with Gasteiger partial charge < -0.3 is 114 Å². The van der Waals surface area contributed by atoms with Gasteiger partial charge in [0.15, 0.2) is 0 Å². The number of primary amides is 1. The summed E-state index contributed by atoms with van der Waals surface area (Å²) in [5, 5.41) is 37.9. The number of aromatic nitrogens is 1. The van der Waals surface area contributed by atoms with Gasteiger partial charge in [0.25, 0.3) is 0 Å². The zero-order chi connectivity index (χ0) is 85.9. The lowest BCUT2D eigenvalue weighted by Gasteiger charge is -2.28. The molecule has 114 heavy (non-hydrogen) atoms. The van der Waals surface area contributed by atoms with Gasteiger partial charge in [0, 0.05) is 23.5 Å². The Labute approximate surface area is 671 Å². The fraction of sp³-hybridized carbons (Fsp3) is 0.705. The minimum atomic E-state index is -1.29. The molecule has 644 valence electrons. The van der Waals surface area contributed by atoms with Crippen LogP contribution in [-0.4, -0.2) is 212 Å². The predicted molar refractivity (Wildman–Crippen MR) is 434 cm³/mol. The van der Waals surface area contributed by atoms with Crippen LogP contribution in [0.15, 0.2) is 30.5 Å². The first-order chi connectivity index (χ1) is 53.8. The number of amides is 15. The van der Waals surface area contributed by atoms with E-state index in [9.17, 15) is 71.9 Å². The number of nitrogens with one attached hydrogen (secondary N) is 15. The maximum Gasteiger partial charge on any atom is 0.243 e. The molecule has 2 aromatic rings. The Bertz CT molecular complexity index is 3420. The zero-order valence-electron chi connectivity index (χ0n) is 69.3. The Morgan fingerprint density at radius 3 is 1.19 bits per heavy atom. The number of unbranched alkanes of at least 4 members (excludes halogenated alkanes) is 4. The molecule has 36 heteroatoms. The van der Waals surface area contributed by atoms with Gasteiger partial charge in [0.1, 0.15) is 66.5 Å². The summed E-state index contributed by atoms with van der Waals surface area (Å²) in [5.74, 6) is -12.9. The van der Waals surface area contributed by atoms with Crippen LogP contribution in [0.3, 0.4) is 0 Å². The summed E-state index contributed by atoms with van der Waals surface area (Å²) in [6, 6.07) is -6.76. The van der Waals surface area contributed by atoms with Gasteiger partial charge in [0.05, 0.1) is 25.7 Å². The Balaban J connectivity index is 2.25. The average Bonchev–Trinajstić information content (AvgIpc) is 1.66. The van der Waals surface area contributed by atoms with Crippen molar-refractivity contribution < 1.29 is 71.9 Å². The molecule has 0 saturated carbocycles. The van der Waals surface area contributed by atoms with Crippen LogP contribution in [0.5, 0.6) is 0 Å². The molecule has 2 rings (SSSR count). The molecule has 0 spiro atoms. The van der Waals surface area contributed by atoms with Gasteiger partial charge in [-0.15, -0.1) is 0 Å². The van der Waals surface area contributed by atoms with E-state index in [1.807, 2.05) is 52.0 Å². The number of carbonyl (C=O) groups is 15. The lowest BCUT2D eigenvalue weighted by molar-refractivity contribution is -0.135. The monoisotopic (exact) mass is 1610 g/mol. The van der Waals surface area contributed by atoms with E-state index in [-0.39, 0.29) is 82.3 Å². The summed E-state index contributed by atoms with van der Waals surface area (Å²) >= 11 is 0. The second-order valence-electron chi connectivity index (χ2n) is 31.4. The van der Waals surface area contributed by atoms with Crippen LogP contribution in [0.1, 0.15) is 198 Å². The van der Waals surface area contributed by atoms with Crippen LogP contribution in [0.4, 0.5) is 0 Å². The standard InChI is InChI=1S/C78H137N21O15/c1-14-48(12)66(76(112)88-40-61(100)89-49(13)68(104)98-65(47(10)11)78(114)96-59(37-45(6)7)71(107)87-42-63(102)97-64(46(8)9)77(113)93-57(67(84)103)35-43(2)3)99-74(110)56(30-20-24-34-82)91-72(108)54(28-18-22-32-80)90-62(101)41-86-70(106)58(36-44(4)5)95-73(109)55(29-19-23-33-81)92-75(111)60(94-69(105)52(83)26-17-21-31-79)38-50-39-85-53-27-16-15-25-51(50)53/h15-16,25,27,39,43-49,52,54-60,64-66,85H,14,17-24,26,28-38,40-42,79-83H2,1-13H3,(H2,84,103)(H,86,106)(H,87,107)(H,88,112)(H,89,100)(H,90,101)(H,91,108)(H,92,111)(H,93,113)(H,94,105)(H,95,109)(H,96,114)(H,97,102)(H,98,104)(H,99,110)/t48-,49-,52-,54-,55-,56-,57-,58-,59-,60-,64-,65-,66-/m0/s1. The molecule has 1 aromatic heterocycles. The highest BCUT2D eigenvalue weighted by atomic mass is 16.2. The van der Waals surface area contributed by atoms with Crippen molar-refractivity contribution in [1.82, 2.24) is 79.4 Å². The van der Waals surface area contributed by atoms with Crippen molar-refractivity contribution in [1.29, 1.82) is 0 Å². The van der Waals surface area contributed by atoms with Gasteiger partial charge in [-0.2, -0.15) is 0 Å². The van der Waals surface area contributed by atoms with E-state index in [4.69, 9.17) is 34.4 Å². The second kappa shape index (κ2) is 53.6. The van der Waals surface area contributed by atoms with Crippen LogP contribution >= 0.6 is 0 Å².